The zero-order valence-corrected chi connectivity index (χ0v) is 22.0. The van der Waals surface area contributed by atoms with Crippen LogP contribution in [0.3, 0.4) is 0 Å². The van der Waals surface area contributed by atoms with Crippen LogP contribution in [0.15, 0.2) is 59.5 Å². The minimum atomic E-state index is -3.65. The van der Waals surface area contributed by atoms with Gasteiger partial charge >= 0.3 is 0 Å². The summed E-state index contributed by atoms with van der Waals surface area (Å²) in [6.45, 7) is 2.84. The lowest BCUT2D eigenvalue weighted by molar-refractivity contribution is 0.0908. The van der Waals surface area contributed by atoms with Crippen molar-refractivity contribution in [2.24, 2.45) is 0 Å². The molecule has 1 amide bonds. The van der Waals surface area contributed by atoms with Gasteiger partial charge in [0.2, 0.25) is 15.5 Å². The zero-order valence-electron chi connectivity index (χ0n) is 21.2. The summed E-state index contributed by atoms with van der Waals surface area (Å²) in [6, 6.07) is 8.38. The number of carbonyl (C=O) groups is 1. The van der Waals surface area contributed by atoms with Gasteiger partial charge < -0.3 is 5.32 Å². The van der Waals surface area contributed by atoms with Crippen molar-refractivity contribution in [1.29, 1.82) is 0 Å². The Morgan fingerprint density at radius 1 is 1.00 bits per heavy atom. The first-order chi connectivity index (χ1) is 18.8. The second-order valence-electron chi connectivity index (χ2n) is 9.80. The number of nitrogens with one attached hydrogen (secondary N) is 1. The number of aromatic nitrogens is 2. The van der Waals surface area contributed by atoms with Crippen molar-refractivity contribution in [1.82, 2.24) is 14.9 Å². The lowest BCUT2D eigenvalue weighted by atomic mass is 9.92. The van der Waals surface area contributed by atoms with Crippen molar-refractivity contribution in [3.63, 3.8) is 0 Å². The molecule has 0 unspecified atom stereocenters. The quantitative estimate of drug-likeness (QED) is 0.361. The number of pyridine rings is 2. The molecule has 3 heterocycles. The van der Waals surface area contributed by atoms with Crippen LogP contribution in [0, 0.1) is 23.3 Å². The first-order valence-corrected chi connectivity index (χ1v) is 13.7. The summed E-state index contributed by atoms with van der Waals surface area (Å²) < 4.78 is 84.6. The van der Waals surface area contributed by atoms with Gasteiger partial charge in [-0.1, -0.05) is 6.07 Å². The summed E-state index contributed by atoms with van der Waals surface area (Å²) in [5, 5.41) is 2.28. The van der Waals surface area contributed by atoms with Crippen LogP contribution in [0.4, 0.5) is 23.4 Å². The predicted molar refractivity (Wildman–Crippen MR) is 140 cm³/mol. The van der Waals surface area contributed by atoms with Crippen molar-refractivity contribution in [3.05, 3.63) is 99.3 Å². The minimum Gasteiger partial charge on any atom is -0.343 e. The number of sulfonamides is 1. The molecule has 0 saturated carbocycles. The van der Waals surface area contributed by atoms with Gasteiger partial charge in [-0.25, -0.2) is 31.0 Å². The van der Waals surface area contributed by atoms with Crippen molar-refractivity contribution in [3.8, 4) is 5.69 Å². The van der Waals surface area contributed by atoms with E-state index in [1.807, 2.05) is 0 Å². The number of hydrogen-bond acceptors (Lipinski definition) is 5. The molecule has 1 aliphatic rings. The molecule has 0 bridgehead atoms. The molecule has 1 fully saturated rings. The first-order valence-electron chi connectivity index (χ1n) is 12.1. The standard InChI is InChI=1S/C27H22F4N4O4S/c1-27(2,23-18(29)5-3-6-19(23)30)33-26(37)17-14-34(21-9-7-15(28)13-20(21)31)25-16(24(17)36)8-10-22(32-25)35-11-4-12-40(35,38)39/h3,5-10,13-14H,4,11-12H2,1-2H3,(H,33,37). The van der Waals surface area contributed by atoms with E-state index in [0.29, 0.717) is 12.5 Å². The number of carbonyl (C=O) groups excluding carboxylic acids is 1. The number of amides is 1. The van der Waals surface area contributed by atoms with Gasteiger partial charge in [0.15, 0.2) is 5.65 Å². The first kappa shape index (κ1) is 27.3. The fourth-order valence-electron chi connectivity index (χ4n) is 4.76. The summed E-state index contributed by atoms with van der Waals surface area (Å²) in [7, 11) is -3.65. The molecule has 1 N–H and O–H groups in total. The highest BCUT2D eigenvalue weighted by Crippen LogP contribution is 2.28. The summed E-state index contributed by atoms with van der Waals surface area (Å²) in [4.78, 5) is 31.2. The predicted octanol–water partition coefficient (Wildman–Crippen LogP) is 4.15. The maximum Gasteiger partial charge on any atom is 0.257 e. The van der Waals surface area contributed by atoms with Gasteiger partial charge in [0.1, 0.15) is 34.7 Å². The zero-order chi connectivity index (χ0) is 29.0. The Morgan fingerprint density at radius 3 is 2.33 bits per heavy atom. The van der Waals surface area contributed by atoms with E-state index in [-0.39, 0.29) is 34.8 Å². The fraction of sp³-hybridized carbons (Fsp3) is 0.222. The third kappa shape index (κ3) is 4.70. The molecule has 0 spiro atoms. The SMILES string of the molecule is CC(C)(NC(=O)c1cn(-c2ccc(F)cc2F)c2nc(N3CCCS3(=O)=O)ccc2c1=O)c1c(F)cccc1F. The Morgan fingerprint density at radius 2 is 1.70 bits per heavy atom. The molecule has 1 aliphatic heterocycles. The number of anilines is 1. The smallest absolute Gasteiger partial charge is 0.257 e. The Balaban J connectivity index is 1.69. The third-order valence-corrected chi connectivity index (χ3v) is 8.46. The van der Waals surface area contributed by atoms with Crippen LogP contribution in [-0.4, -0.2) is 36.2 Å². The second-order valence-corrected chi connectivity index (χ2v) is 11.8. The average Bonchev–Trinajstić information content (AvgIpc) is 3.22. The molecule has 0 atom stereocenters. The molecule has 0 aliphatic carbocycles. The van der Waals surface area contributed by atoms with Gasteiger partial charge in [0, 0.05) is 24.4 Å². The topological polar surface area (TPSA) is 101 Å². The van der Waals surface area contributed by atoms with Gasteiger partial charge in [-0.3, -0.25) is 18.5 Å². The highest BCUT2D eigenvalue weighted by atomic mass is 32.2. The molecule has 5 rings (SSSR count). The van der Waals surface area contributed by atoms with Gasteiger partial charge in [-0.2, -0.15) is 0 Å². The molecule has 0 radical (unpaired) electrons. The van der Waals surface area contributed by atoms with Gasteiger partial charge in [0.05, 0.1) is 22.4 Å². The second kappa shape index (κ2) is 9.73. The van der Waals surface area contributed by atoms with Gasteiger partial charge in [0.25, 0.3) is 5.91 Å². The molecule has 1 saturated heterocycles. The van der Waals surface area contributed by atoms with E-state index in [1.54, 1.807) is 0 Å². The normalized spacial score (nSPS) is 15.0. The van der Waals surface area contributed by atoms with E-state index in [0.717, 1.165) is 39.3 Å². The number of benzene rings is 2. The number of rotatable bonds is 5. The Bertz CT molecular complexity index is 1840. The monoisotopic (exact) mass is 574 g/mol. The van der Waals surface area contributed by atoms with E-state index in [4.69, 9.17) is 0 Å². The van der Waals surface area contributed by atoms with Crippen molar-refractivity contribution in [2.75, 3.05) is 16.6 Å². The number of nitrogens with zero attached hydrogens (tertiary/aromatic N) is 3. The van der Waals surface area contributed by atoms with Crippen molar-refractivity contribution in [2.45, 2.75) is 25.8 Å². The summed E-state index contributed by atoms with van der Waals surface area (Å²) >= 11 is 0. The van der Waals surface area contributed by atoms with Crippen LogP contribution >= 0.6 is 0 Å². The van der Waals surface area contributed by atoms with E-state index < -0.39 is 61.3 Å². The lowest BCUT2D eigenvalue weighted by Gasteiger charge is -2.28. The Labute approximate surface area is 225 Å². The van der Waals surface area contributed by atoms with E-state index >= 15 is 0 Å². The van der Waals surface area contributed by atoms with Crippen LogP contribution in [0.25, 0.3) is 16.7 Å². The van der Waals surface area contributed by atoms with Crippen LogP contribution in [0.1, 0.15) is 36.2 Å². The Kier molecular flexibility index (Phi) is 6.65. The summed E-state index contributed by atoms with van der Waals surface area (Å²) in [5.41, 5.74) is -3.90. The highest BCUT2D eigenvalue weighted by Gasteiger charge is 2.32. The maximum absolute atomic E-state index is 14.9. The Hall–Kier alpha value is -4.26. The molecule has 13 heteroatoms. The number of fused-ring (bicyclic) bond motifs is 1. The lowest BCUT2D eigenvalue weighted by Crippen LogP contribution is -2.44. The van der Waals surface area contributed by atoms with Crippen LogP contribution < -0.4 is 15.1 Å². The number of halogens is 4. The molecular weight excluding hydrogens is 552 g/mol. The van der Waals surface area contributed by atoms with Crippen LogP contribution in [0.2, 0.25) is 0 Å². The molecule has 2 aromatic heterocycles. The van der Waals surface area contributed by atoms with E-state index in [2.05, 4.69) is 10.3 Å². The summed E-state index contributed by atoms with van der Waals surface area (Å²) in [5.74, 6) is -4.90. The van der Waals surface area contributed by atoms with E-state index in [1.165, 1.54) is 32.0 Å². The fourth-order valence-corrected chi connectivity index (χ4v) is 6.27. The minimum absolute atomic E-state index is 0.0194. The molecular formula is C27H22F4N4O4S. The molecule has 8 nitrogen and oxygen atoms in total. The molecule has 208 valence electrons. The molecule has 40 heavy (non-hydrogen) atoms. The third-order valence-electron chi connectivity index (χ3n) is 6.62. The van der Waals surface area contributed by atoms with Gasteiger partial charge in [-0.15, -0.1) is 0 Å². The highest BCUT2D eigenvalue weighted by molar-refractivity contribution is 7.93. The molecule has 4 aromatic rings. The van der Waals surface area contributed by atoms with Crippen molar-refractivity contribution < 1.29 is 30.8 Å². The van der Waals surface area contributed by atoms with Crippen LogP contribution in [0.5, 0.6) is 0 Å². The summed E-state index contributed by atoms with van der Waals surface area (Å²) in [6.07, 6.45) is 1.33. The number of hydrogen-bond donors (Lipinski definition) is 1. The molecule has 2 aromatic carbocycles. The maximum atomic E-state index is 14.9. The van der Waals surface area contributed by atoms with Crippen LogP contribution in [-0.2, 0) is 15.6 Å². The largest absolute Gasteiger partial charge is 0.343 e. The van der Waals surface area contributed by atoms with Crippen molar-refractivity contribution >= 4 is 32.8 Å². The van der Waals surface area contributed by atoms with E-state index in [9.17, 15) is 35.6 Å². The average molecular weight is 575 g/mol. The van der Waals surface area contributed by atoms with Gasteiger partial charge in [-0.05, 0) is 56.7 Å².